The molecule has 1 saturated carbocycles. The van der Waals surface area contributed by atoms with Crippen molar-refractivity contribution in [2.45, 2.75) is 36.6 Å². The second-order valence-electron chi connectivity index (χ2n) is 4.31. The summed E-state index contributed by atoms with van der Waals surface area (Å²) in [4.78, 5) is 0. The molecule has 4 nitrogen and oxygen atoms in total. The van der Waals surface area contributed by atoms with Crippen molar-refractivity contribution in [3.63, 3.8) is 0 Å². The molecule has 0 aromatic carbocycles. The highest BCUT2D eigenvalue weighted by atomic mass is 32.2. The Hall–Kier alpha value is -0.430. The Kier molecular flexibility index (Phi) is 3.87. The van der Waals surface area contributed by atoms with Gasteiger partial charge in [-0.25, -0.2) is 8.42 Å². The number of thiophene rings is 1. The van der Waals surface area contributed by atoms with Gasteiger partial charge in [-0.3, -0.25) is 0 Å². The Morgan fingerprint density at radius 2 is 2.24 bits per heavy atom. The Morgan fingerprint density at radius 3 is 2.82 bits per heavy atom. The lowest BCUT2D eigenvalue weighted by Gasteiger charge is -2.14. The van der Waals surface area contributed by atoms with Crippen molar-refractivity contribution >= 4 is 21.4 Å². The van der Waals surface area contributed by atoms with Gasteiger partial charge in [0.1, 0.15) is 4.21 Å². The van der Waals surface area contributed by atoms with Crippen molar-refractivity contribution in [2.24, 2.45) is 0 Å². The molecule has 0 bridgehead atoms. The molecule has 1 fully saturated rings. The molecule has 1 aliphatic carbocycles. The van der Waals surface area contributed by atoms with Gasteiger partial charge in [0, 0.05) is 19.6 Å². The van der Waals surface area contributed by atoms with Gasteiger partial charge in [0.15, 0.2) is 0 Å². The lowest BCUT2D eigenvalue weighted by Crippen LogP contribution is -2.28. The van der Waals surface area contributed by atoms with E-state index >= 15 is 0 Å². The first-order valence-corrected chi connectivity index (χ1v) is 8.14. The van der Waals surface area contributed by atoms with Crippen LogP contribution in [-0.4, -0.2) is 32.4 Å². The highest BCUT2D eigenvalue weighted by molar-refractivity contribution is 7.91. The number of nitrogens with one attached hydrogen (secondary N) is 1. The first-order valence-electron chi connectivity index (χ1n) is 5.82. The summed E-state index contributed by atoms with van der Waals surface area (Å²) < 4.78 is 26.4. The van der Waals surface area contributed by atoms with Gasteiger partial charge in [-0.1, -0.05) is 6.92 Å². The summed E-state index contributed by atoms with van der Waals surface area (Å²) in [5, 5.41) is 5.10. The van der Waals surface area contributed by atoms with Crippen LogP contribution in [0.5, 0.6) is 0 Å². The van der Waals surface area contributed by atoms with Crippen molar-refractivity contribution < 1.29 is 8.42 Å². The van der Waals surface area contributed by atoms with Crippen molar-refractivity contribution in [2.75, 3.05) is 13.6 Å². The van der Waals surface area contributed by atoms with Crippen LogP contribution in [0.15, 0.2) is 15.7 Å². The summed E-state index contributed by atoms with van der Waals surface area (Å²) in [6.07, 6.45) is 1.98. The Morgan fingerprint density at radius 1 is 1.53 bits per heavy atom. The molecule has 0 spiro atoms. The molecule has 17 heavy (non-hydrogen) atoms. The number of hydrogen-bond donors (Lipinski definition) is 1. The van der Waals surface area contributed by atoms with Gasteiger partial charge in [-0.05, 0) is 36.4 Å². The van der Waals surface area contributed by atoms with Crippen molar-refractivity contribution in [3.05, 3.63) is 17.0 Å². The summed E-state index contributed by atoms with van der Waals surface area (Å²) in [5.74, 6) is 0. The van der Waals surface area contributed by atoms with Crippen LogP contribution in [0.2, 0.25) is 0 Å². The molecule has 0 unspecified atom stereocenters. The minimum atomic E-state index is -3.26. The fourth-order valence-corrected chi connectivity index (χ4v) is 4.44. The molecule has 1 heterocycles. The monoisotopic (exact) mass is 274 g/mol. The van der Waals surface area contributed by atoms with Crippen LogP contribution >= 0.6 is 11.3 Å². The number of hydrogen-bond acceptors (Lipinski definition) is 4. The van der Waals surface area contributed by atoms with Crippen molar-refractivity contribution in [3.8, 4) is 0 Å². The zero-order valence-corrected chi connectivity index (χ0v) is 11.8. The standard InChI is InChI=1S/C11H18N2O2S2/c1-3-12-7-9-6-11(16-8-9)17(14,15)13(2)10-4-5-10/h6,8,10,12H,3-5,7H2,1-2H3. The molecule has 1 aromatic rings. The molecule has 0 aliphatic heterocycles. The Balaban J connectivity index is 2.12. The van der Waals surface area contributed by atoms with E-state index in [0.717, 1.165) is 31.5 Å². The van der Waals surface area contributed by atoms with Crippen LogP contribution in [0.4, 0.5) is 0 Å². The van der Waals surface area contributed by atoms with Gasteiger partial charge >= 0.3 is 0 Å². The van der Waals surface area contributed by atoms with E-state index in [1.807, 2.05) is 12.3 Å². The predicted octanol–water partition coefficient (Wildman–Crippen LogP) is 1.64. The first-order chi connectivity index (χ1) is 8.05. The Bertz CT molecular complexity index is 477. The number of nitrogens with zero attached hydrogens (tertiary/aromatic N) is 1. The van der Waals surface area contributed by atoms with E-state index in [4.69, 9.17) is 0 Å². The molecule has 96 valence electrons. The summed E-state index contributed by atoms with van der Waals surface area (Å²) in [6.45, 7) is 3.65. The maximum absolute atomic E-state index is 12.2. The minimum absolute atomic E-state index is 0.222. The van der Waals surface area contributed by atoms with E-state index in [0.29, 0.717) is 4.21 Å². The SMILES string of the molecule is CCNCc1csc(S(=O)(=O)N(C)C2CC2)c1. The third-order valence-corrected chi connectivity index (χ3v) is 6.28. The fraction of sp³-hybridized carbons (Fsp3) is 0.636. The van der Waals surface area contributed by atoms with Crippen LogP contribution in [0.3, 0.4) is 0 Å². The zero-order chi connectivity index (χ0) is 12.5. The van der Waals surface area contributed by atoms with E-state index in [-0.39, 0.29) is 6.04 Å². The second-order valence-corrected chi connectivity index (χ2v) is 7.44. The van der Waals surface area contributed by atoms with E-state index < -0.39 is 10.0 Å². The number of rotatable bonds is 6. The second kappa shape index (κ2) is 5.06. The van der Waals surface area contributed by atoms with Gasteiger partial charge in [-0.15, -0.1) is 11.3 Å². The van der Waals surface area contributed by atoms with Gasteiger partial charge < -0.3 is 5.32 Å². The van der Waals surface area contributed by atoms with Gasteiger partial charge in [0.25, 0.3) is 10.0 Å². The Labute approximate surface area is 107 Å². The smallest absolute Gasteiger partial charge is 0.252 e. The molecule has 0 saturated heterocycles. The van der Waals surface area contributed by atoms with Crippen LogP contribution in [-0.2, 0) is 16.6 Å². The van der Waals surface area contributed by atoms with E-state index in [9.17, 15) is 8.42 Å². The molecule has 1 aromatic heterocycles. The average molecular weight is 274 g/mol. The van der Waals surface area contributed by atoms with E-state index in [2.05, 4.69) is 5.32 Å². The maximum atomic E-state index is 12.2. The van der Waals surface area contributed by atoms with Gasteiger partial charge in [0.2, 0.25) is 0 Å². The highest BCUT2D eigenvalue weighted by Crippen LogP contribution is 2.32. The fourth-order valence-electron chi connectivity index (χ4n) is 1.63. The van der Waals surface area contributed by atoms with Crippen LogP contribution in [0.25, 0.3) is 0 Å². The van der Waals surface area contributed by atoms with Crippen molar-refractivity contribution in [1.82, 2.24) is 9.62 Å². The lowest BCUT2D eigenvalue weighted by atomic mass is 10.3. The molecule has 1 aliphatic rings. The van der Waals surface area contributed by atoms with Crippen molar-refractivity contribution in [1.29, 1.82) is 0 Å². The summed E-state index contributed by atoms with van der Waals surface area (Å²) in [7, 11) is -1.58. The van der Waals surface area contributed by atoms with Crippen LogP contribution in [0.1, 0.15) is 25.3 Å². The highest BCUT2D eigenvalue weighted by Gasteiger charge is 2.35. The molecular weight excluding hydrogens is 256 g/mol. The topological polar surface area (TPSA) is 49.4 Å². The lowest BCUT2D eigenvalue weighted by molar-refractivity contribution is 0.466. The van der Waals surface area contributed by atoms with E-state index in [1.165, 1.54) is 15.6 Å². The molecule has 1 N–H and O–H groups in total. The number of sulfonamides is 1. The largest absolute Gasteiger partial charge is 0.313 e. The molecular formula is C11H18N2O2S2. The van der Waals surface area contributed by atoms with Crippen LogP contribution in [0, 0.1) is 0 Å². The molecule has 0 atom stereocenters. The third kappa shape index (κ3) is 2.88. The maximum Gasteiger partial charge on any atom is 0.252 e. The molecule has 6 heteroatoms. The predicted molar refractivity (Wildman–Crippen MR) is 69.7 cm³/mol. The average Bonchev–Trinajstić information content (AvgIpc) is 3.03. The molecule has 2 rings (SSSR count). The van der Waals surface area contributed by atoms with Gasteiger partial charge in [0.05, 0.1) is 0 Å². The summed E-state index contributed by atoms with van der Waals surface area (Å²) in [6, 6.07) is 2.00. The van der Waals surface area contributed by atoms with E-state index in [1.54, 1.807) is 13.1 Å². The normalized spacial score (nSPS) is 16.6. The van der Waals surface area contributed by atoms with Crippen LogP contribution < -0.4 is 5.32 Å². The third-order valence-electron chi connectivity index (χ3n) is 2.90. The van der Waals surface area contributed by atoms with Gasteiger partial charge in [-0.2, -0.15) is 4.31 Å². The zero-order valence-electron chi connectivity index (χ0n) is 10.1. The quantitative estimate of drug-likeness (QED) is 0.858. The summed E-state index contributed by atoms with van der Waals surface area (Å²) >= 11 is 1.31. The molecule has 0 radical (unpaired) electrons. The first kappa shape index (κ1) is 13.0. The summed E-state index contributed by atoms with van der Waals surface area (Å²) in [5.41, 5.74) is 1.04. The molecule has 0 amide bonds. The minimum Gasteiger partial charge on any atom is -0.313 e.